The van der Waals surface area contributed by atoms with E-state index in [-0.39, 0.29) is 0 Å². The van der Waals surface area contributed by atoms with E-state index in [4.69, 9.17) is 10.7 Å². The highest BCUT2D eigenvalue weighted by Gasteiger charge is 2.08. The van der Waals surface area contributed by atoms with Gasteiger partial charge >= 0.3 is 0 Å². The van der Waals surface area contributed by atoms with E-state index in [2.05, 4.69) is 25.0 Å². The molecule has 8 nitrogen and oxygen atoms in total. The van der Waals surface area contributed by atoms with Crippen LogP contribution in [-0.4, -0.2) is 41.2 Å². The molecule has 0 saturated heterocycles. The van der Waals surface area contributed by atoms with Crippen molar-refractivity contribution in [3.05, 3.63) is 83.6 Å². The van der Waals surface area contributed by atoms with E-state index >= 15 is 0 Å². The predicted molar refractivity (Wildman–Crippen MR) is 114 cm³/mol. The topological polar surface area (TPSA) is 108 Å². The van der Waals surface area contributed by atoms with E-state index in [1.807, 2.05) is 54.3 Å². The van der Waals surface area contributed by atoms with Crippen molar-refractivity contribution < 1.29 is 0 Å². The molecule has 30 heavy (non-hydrogen) atoms. The lowest BCUT2D eigenvalue weighted by Gasteiger charge is -2.05. The minimum atomic E-state index is 0.604. The molecule has 4 heterocycles. The Bertz CT molecular complexity index is 1120. The number of hydrogen-bond donors (Lipinski definition) is 1. The van der Waals surface area contributed by atoms with Gasteiger partial charge in [-0.3, -0.25) is 4.68 Å². The molecule has 0 aliphatic rings. The minimum absolute atomic E-state index is 0.604. The largest absolute Gasteiger partial charge is 0.330 e. The molecule has 0 saturated carbocycles. The quantitative estimate of drug-likeness (QED) is 0.484. The van der Waals surface area contributed by atoms with Crippen molar-refractivity contribution in [2.45, 2.75) is 32.7 Å². The summed E-state index contributed by atoms with van der Waals surface area (Å²) in [6.45, 7) is 3.44. The first-order chi connectivity index (χ1) is 14.7. The molecule has 0 amide bonds. The van der Waals surface area contributed by atoms with Crippen LogP contribution in [0.5, 0.6) is 0 Å². The van der Waals surface area contributed by atoms with E-state index in [1.54, 1.807) is 12.4 Å². The Morgan fingerprint density at radius 3 is 2.60 bits per heavy atom. The fourth-order valence-corrected chi connectivity index (χ4v) is 3.15. The molecule has 0 unspecified atom stereocenters. The van der Waals surface area contributed by atoms with Gasteiger partial charge in [0.15, 0.2) is 5.82 Å². The first-order valence-electron chi connectivity index (χ1n) is 9.98. The van der Waals surface area contributed by atoms with Crippen molar-refractivity contribution >= 4 is 0 Å². The molecule has 152 valence electrons. The van der Waals surface area contributed by atoms with Crippen LogP contribution in [0.2, 0.25) is 0 Å². The molecule has 0 atom stereocenters. The minimum Gasteiger partial charge on any atom is -0.330 e. The van der Waals surface area contributed by atoms with Gasteiger partial charge in [-0.05, 0) is 49.7 Å². The molecule has 0 aliphatic carbocycles. The maximum atomic E-state index is 5.56. The molecule has 2 N–H and O–H groups in total. The van der Waals surface area contributed by atoms with Crippen LogP contribution in [0.4, 0.5) is 0 Å². The third kappa shape index (κ3) is 5.09. The summed E-state index contributed by atoms with van der Waals surface area (Å²) >= 11 is 0. The fraction of sp³-hybridized carbons (Fsp3) is 0.273. The Labute approximate surface area is 175 Å². The van der Waals surface area contributed by atoms with Crippen LogP contribution in [-0.2, 0) is 19.4 Å². The van der Waals surface area contributed by atoms with Crippen molar-refractivity contribution in [2.24, 2.45) is 5.73 Å². The van der Waals surface area contributed by atoms with Crippen LogP contribution < -0.4 is 5.73 Å². The van der Waals surface area contributed by atoms with Gasteiger partial charge < -0.3 is 5.73 Å². The van der Waals surface area contributed by atoms with Crippen molar-refractivity contribution in [1.29, 1.82) is 0 Å². The van der Waals surface area contributed by atoms with Gasteiger partial charge in [-0.15, -0.1) is 0 Å². The van der Waals surface area contributed by atoms with Crippen molar-refractivity contribution in [1.82, 2.24) is 34.7 Å². The fourth-order valence-electron chi connectivity index (χ4n) is 3.15. The van der Waals surface area contributed by atoms with Gasteiger partial charge in [0.05, 0.1) is 17.6 Å². The lowest BCUT2D eigenvalue weighted by molar-refractivity contribution is 0.584. The average molecular weight is 400 g/mol. The van der Waals surface area contributed by atoms with Gasteiger partial charge in [0, 0.05) is 43.7 Å². The molecule has 0 radical (unpaired) electrons. The molecule has 0 aromatic carbocycles. The summed E-state index contributed by atoms with van der Waals surface area (Å²) in [6.07, 6.45) is 9.59. The van der Waals surface area contributed by atoms with Crippen LogP contribution in [0.1, 0.15) is 34.9 Å². The van der Waals surface area contributed by atoms with Crippen LogP contribution in [0.3, 0.4) is 0 Å². The van der Waals surface area contributed by atoms with Gasteiger partial charge in [-0.2, -0.15) is 5.10 Å². The molecule has 4 aromatic heterocycles. The summed E-state index contributed by atoms with van der Waals surface area (Å²) in [5, 5.41) is 4.37. The van der Waals surface area contributed by atoms with Crippen molar-refractivity contribution in [3.63, 3.8) is 0 Å². The molecule has 0 fully saturated rings. The highest BCUT2D eigenvalue weighted by molar-refractivity contribution is 5.49. The van der Waals surface area contributed by atoms with Gasteiger partial charge in [0.2, 0.25) is 0 Å². The Kier molecular flexibility index (Phi) is 6.14. The number of nitrogens with zero attached hydrogens (tertiary/aromatic N) is 7. The Hall–Kier alpha value is -3.52. The number of hydrogen-bond acceptors (Lipinski definition) is 7. The van der Waals surface area contributed by atoms with E-state index < -0.39 is 0 Å². The van der Waals surface area contributed by atoms with Crippen LogP contribution >= 0.6 is 0 Å². The summed E-state index contributed by atoms with van der Waals surface area (Å²) in [5.74, 6) is 1.39. The Morgan fingerprint density at radius 1 is 0.933 bits per heavy atom. The molecule has 0 spiro atoms. The van der Waals surface area contributed by atoms with Crippen molar-refractivity contribution in [3.8, 4) is 11.5 Å². The summed E-state index contributed by atoms with van der Waals surface area (Å²) in [5.41, 5.74) is 10.2. The number of aromatic nitrogens is 7. The highest BCUT2D eigenvalue weighted by Crippen LogP contribution is 2.14. The highest BCUT2D eigenvalue weighted by atomic mass is 15.3. The van der Waals surface area contributed by atoms with E-state index in [9.17, 15) is 0 Å². The normalized spacial score (nSPS) is 11.0. The zero-order valence-electron chi connectivity index (χ0n) is 16.9. The lowest BCUT2D eigenvalue weighted by atomic mass is 10.2. The molecule has 0 bridgehead atoms. The Balaban J connectivity index is 1.47. The first-order valence-corrected chi connectivity index (χ1v) is 9.98. The second-order valence-corrected chi connectivity index (χ2v) is 7.11. The van der Waals surface area contributed by atoms with E-state index in [0.29, 0.717) is 25.2 Å². The standard InChI is InChI=1S/C22H24N8/c1-16-4-2-5-20(27-16)22-25-10-7-19(29-22)13-18-6-9-24-21(28-18)12-17-14-26-30(15-17)11-3-8-23/h2,4-7,9-10,14-15H,3,8,11-13,23H2,1H3. The molecular weight excluding hydrogens is 376 g/mol. The second-order valence-electron chi connectivity index (χ2n) is 7.11. The van der Waals surface area contributed by atoms with Crippen LogP contribution in [0.15, 0.2) is 55.1 Å². The number of rotatable bonds is 8. The SMILES string of the molecule is Cc1cccc(-c2nccc(Cc3ccnc(Cc4cnn(CCCN)c4)n3)n2)n1. The monoisotopic (exact) mass is 400 g/mol. The summed E-state index contributed by atoms with van der Waals surface area (Å²) in [7, 11) is 0. The molecule has 4 aromatic rings. The molecule has 0 aliphatic heterocycles. The molecule has 8 heteroatoms. The van der Waals surface area contributed by atoms with Crippen LogP contribution in [0.25, 0.3) is 11.5 Å². The van der Waals surface area contributed by atoms with Crippen LogP contribution in [0, 0.1) is 6.92 Å². The first kappa shape index (κ1) is 19.8. The Morgan fingerprint density at radius 2 is 1.77 bits per heavy atom. The lowest BCUT2D eigenvalue weighted by Crippen LogP contribution is -2.06. The van der Waals surface area contributed by atoms with Gasteiger partial charge in [0.25, 0.3) is 0 Å². The summed E-state index contributed by atoms with van der Waals surface area (Å²) in [6, 6.07) is 9.66. The zero-order valence-corrected chi connectivity index (χ0v) is 16.9. The number of pyridine rings is 1. The van der Waals surface area contributed by atoms with Gasteiger partial charge in [-0.1, -0.05) is 6.07 Å². The summed E-state index contributed by atoms with van der Waals surface area (Å²) in [4.78, 5) is 22.7. The third-order valence-electron chi connectivity index (χ3n) is 4.60. The van der Waals surface area contributed by atoms with E-state index in [1.165, 1.54) is 0 Å². The smallest absolute Gasteiger partial charge is 0.178 e. The molecular formula is C22H24N8. The number of aryl methyl sites for hydroxylation is 2. The van der Waals surface area contributed by atoms with Gasteiger partial charge in [0.1, 0.15) is 11.5 Å². The average Bonchev–Trinajstić information content (AvgIpc) is 3.20. The van der Waals surface area contributed by atoms with Gasteiger partial charge in [-0.25, -0.2) is 24.9 Å². The zero-order chi connectivity index (χ0) is 20.8. The third-order valence-corrected chi connectivity index (χ3v) is 4.60. The number of nitrogens with two attached hydrogens (primary N) is 1. The second kappa shape index (κ2) is 9.32. The predicted octanol–water partition coefficient (Wildman–Crippen LogP) is 2.36. The maximum absolute atomic E-state index is 5.56. The van der Waals surface area contributed by atoms with Crippen molar-refractivity contribution in [2.75, 3.05) is 6.54 Å². The summed E-state index contributed by atoms with van der Waals surface area (Å²) < 4.78 is 1.91. The van der Waals surface area contributed by atoms with E-state index in [0.717, 1.165) is 47.1 Å². The maximum Gasteiger partial charge on any atom is 0.178 e. The molecule has 4 rings (SSSR count).